The molecule has 0 bridgehead atoms. The average Bonchev–Trinajstić information content (AvgIpc) is 3.10. The number of aryl methyl sites for hydroxylation is 1. The molecule has 0 atom stereocenters. The van der Waals surface area contributed by atoms with Crippen LogP contribution >= 0.6 is 11.3 Å². The van der Waals surface area contributed by atoms with Crippen molar-refractivity contribution in [2.75, 3.05) is 25.6 Å². The van der Waals surface area contributed by atoms with Crippen LogP contribution in [0.1, 0.15) is 27.5 Å². The highest BCUT2D eigenvalue weighted by Crippen LogP contribution is 2.23. The molecular weight excluding hydrogens is 290 g/mol. The van der Waals surface area contributed by atoms with Gasteiger partial charge in [0.05, 0.1) is 18.5 Å². The molecule has 2 heterocycles. The molecule has 6 nitrogen and oxygen atoms in total. The Morgan fingerprint density at radius 1 is 1.52 bits per heavy atom. The van der Waals surface area contributed by atoms with E-state index in [4.69, 9.17) is 9.15 Å². The first-order valence-electron chi connectivity index (χ1n) is 6.71. The molecular formula is C14H19N3O3S. The van der Waals surface area contributed by atoms with Gasteiger partial charge in [-0.1, -0.05) is 11.3 Å². The zero-order chi connectivity index (χ0) is 15.1. The second-order valence-corrected chi connectivity index (χ2v) is 5.47. The van der Waals surface area contributed by atoms with Crippen molar-refractivity contribution < 1.29 is 13.9 Å². The Bertz CT molecular complexity index is 566. The molecule has 0 unspecified atom stereocenters. The number of nitrogens with one attached hydrogen (secondary N) is 2. The van der Waals surface area contributed by atoms with Gasteiger partial charge in [0.15, 0.2) is 5.13 Å². The van der Waals surface area contributed by atoms with Crippen LogP contribution in [0.4, 0.5) is 5.13 Å². The molecule has 2 rings (SSSR count). The van der Waals surface area contributed by atoms with Crippen LogP contribution in [0.3, 0.4) is 0 Å². The van der Waals surface area contributed by atoms with E-state index in [2.05, 4.69) is 15.6 Å². The largest absolute Gasteiger partial charge is 0.467 e. The summed E-state index contributed by atoms with van der Waals surface area (Å²) >= 11 is 1.35. The molecule has 2 aromatic rings. The van der Waals surface area contributed by atoms with Crippen LogP contribution in [0.25, 0.3) is 0 Å². The lowest BCUT2D eigenvalue weighted by Crippen LogP contribution is -2.24. The van der Waals surface area contributed by atoms with E-state index < -0.39 is 0 Å². The number of rotatable bonds is 8. The van der Waals surface area contributed by atoms with Crippen LogP contribution in [0.15, 0.2) is 22.8 Å². The molecule has 114 valence electrons. The van der Waals surface area contributed by atoms with Crippen LogP contribution in [-0.4, -0.2) is 31.2 Å². The number of aromatic nitrogens is 1. The highest BCUT2D eigenvalue weighted by molar-refractivity contribution is 7.17. The molecule has 7 heteroatoms. The zero-order valence-electron chi connectivity index (χ0n) is 12.1. The number of hydrogen-bond donors (Lipinski definition) is 2. The monoisotopic (exact) mass is 309 g/mol. The van der Waals surface area contributed by atoms with Gasteiger partial charge in [0.1, 0.15) is 10.6 Å². The van der Waals surface area contributed by atoms with E-state index in [0.29, 0.717) is 29.7 Å². The van der Waals surface area contributed by atoms with Crippen molar-refractivity contribution in [2.45, 2.75) is 19.9 Å². The predicted octanol–water partition coefficient (Wildman–Crippen LogP) is 2.42. The number of thiazole rings is 1. The second-order valence-electron chi connectivity index (χ2n) is 4.47. The molecule has 0 aliphatic heterocycles. The van der Waals surface area contributed by atoms with Crippen LogP contribution in [0, 0.1) is 6.92 Å². The van der Waals surface area contributed by atoms with Gasteiger partial charge in [-0.2, -0.15) is 0 Å². The third kappa shape index (κ3) is 4.57. The normalized spacial score (nSPS) is 10.6. The maximum atomic E-state index is 12.0. The second kappa shape index (κ2) is 7.80. The Hall–Kier alpha value is -1.86. The summed E-state index contributed by atoms with van der Waals surface area (Å²) in [5.74, 6) is 0.737. The molecule has 21 heavy (non-hydrogen) atoms. The van der Waals surface area contributed by atoms with Gasteiger partial charge in [-0.15, -0.1) is 0 Å². The number of carbonyl (C=O) groups is 1. The predicted molar refractivity (Wildman–Crippen MR) is 81.7 cm³/mol. The lowest BCUT2D eigenvalue weighted by atomic mass is 10.3. The number of methoxy groups -OCH3 is 1. The molecule has 2 aromatic heterocycles. The Morgan fingerprint density at radius 2 is 2.38 bits per heavy atom. The first-order valence-corrected chi connectivity index (χ1v) is 7.53. The smallest absolute Gasteiger partial charge is 0.263 e. The fraction of sp³-hybridized carbons (Fsp3) is 0.429. The Kier molecular flexibility index (Phi) is 5.77. The molecule has 0 aliphatic rings. The van der Waals surface area contributed by atoms with Gasteiger partial charge in [-0.05, 0) is 25.5 Å². The van der Waals surface area contributed by atoms with Crippen LogP contribution < -0.4 is 10.6 Å². The topological polar surface area (TPSA) is 76.4 Å². The third-order valence-corrected chi connectivity index (χ3v) is 3.92. The van der Waals surface area contributed by atoms with E-state index in [9.17, 15) is 4.79 Å². The summed E-state index contributed by atoms with van der Waals surface area (Å²) < 4.78 is 10.2. The molecule has 0 aliphatic carbocycles. The first-order chi connectivity index (χ1) is 10.2. The molecule has 0 saturated carbocycles. The fourth-order valence-corrected chi connectivity index (χ4v) is 2.64. The van der Waals surface area contributed by atoms with Crippen LogP contribution in [-0.2, 0) is 11.3 Å². The number of carbonyl (C=O) groups excluding carboxylic acids is 1. The van der Waals surface area contributed by atoms with Gasteiger partial charge in [0, 0.05) is 20.3 Å². The summed E-state index contributed by atoms with van der Waals surface area (Å²) in [5, 5.41) is 6.73. The van der Waals surface area contributed by atoms with Gasteiger partial charge in [-0.3, -0.25) is 4.79 Å². The van der Waals surface area contributed by atoms with Crippen molar-refractivity contribution in [1.29, 1.82) is 0 Å². The minimum absolute atomic E-state index is 0.0906. The molecule has 0 aromatic carbocycles. The Labute approximate surface area is 127 Å². The third-order valence-electron chi connectivity index (χ3n) is 2.81. The zero-order valence-corrected chi connectivity index (χ0v) is 13.0. The lowest BCUT2D eigenvalue weighted by molar-refractivity contribution is 0.0952. The quantitative estimate of drug-likeness (QED) is 0.732. The molecule has 0 spiro atoms. The average molecular weight is 309 g/mol. The van der Waals surface area contributed by atoms with E-state index in [0.717, 1.165) is 17.9 Å². The summed E-state index contributed by atoms with van der Waals surface area (Å²) in [4.78, 5) is 17.0. The highest BCUT2D eigenvalue weighted by Gasteiger charge is 2.14. The van der Waals surface area contributed by atoms with Crippen molar-refractivity contribution >= 4 is 22.4 Å². The van der Waals surface area contributed by atoms with Crippen molar-refractivity contribution in [2.24, 2.45) is 0 Å². The van der Waals surface area contributed by atoms with E-state index in [1.807, 2.05) is 19.1 Å². The lowest BCUT2D eigenvalue weighted by Gasteiger charge is -2.03. The van der Waals surface area contributed by atoms with E-state index >= 15 is 0 Å². The molecule has 1 amide bonds. The summed E-state index contributed by atoms with van der Waals surface area (Å²) in [6.45, 7) is 3.62. The molecule has 0 saturated heterocycles. The van der Waals surface area contributed by atoms with Crippen molar-refractivity contribution in [3.8, 4) is 0 Å². The van der Waals surface area contributed by atoms with Crippen molar-refractivity contribution in [3.63, 3.8) is 0 Å². The number of amides is 1. The Morgan fingerprint density at radius 3 is 3.10 bits per heavy atom. The maximum absolute atomic E-state index is 12.0. The van der Waals surface area contributed by atoms with Crippen LogP contribution in [0.5, 0.6) is 0 Å². The number of ether oxygens (including phenoxy) is 1. The van der Waals surface area contributed by atoms with E-state index in [1.165, 1.54) is 11.3 Å². The highest BCUT2D eigenvalue weighted by atomic mass is 32.1. The minimum atomic E-state index is -0.0906. The summed E-state index contributed by atoms with van der Waals surface area (Å²) in [6, 6.07) is 3.72. The van der Waals surface area contributed by atoms with E-state index in [-0.39, 0.29) is 5.91 Å². The van der Waals surface area contributed by atoms with E-state index in [1.54, 1.807) is 13.4 Å². The number of anilines is 1. The van der Waals surface area contributed by atoms with Gasteiger partial charge in [0.25, 0.3) is 5.91 Å². The Balaban J connectivity index is 1.87. The standard InChI is InChI=1S/C14H19N3O3S/c1-10-12(13(18)15-6-4-7-19-2)21-14(17-10)16-9-11-5-3-8-20-11/h3,5,8H,4,6-7,9H2,1-2H3,(H,15,18)(H,16,17). The molecule has 2 N–H and O–H groups in total. The van der Waals surface area contributed by atoms with Gasteiger partial charge >= 0.3 is 0 Å². The van der Waals surface area contributed by atoms with Crippen molar-refractivity contribution in [1.82, 2.24) is 10.3 Å². The summed E-state index contributed by atoms with van der Waals surface area (Å²) in [5.41, 5.74) is 0.728. The number of furan rings is 1. The van der Waals surface area contributed by atoms with Gasteiger partial charge < -0.3 is 19.8 Å². The van der Waals surface area contributed by atoms with Crippen molar-refractivity contribution in [3.05, 3.63) is 34.7 Å². The fourth-order valence-electron chi connectivity index (χ4n) is 1.76. The van der Waals surface area contributed by atoms with Crippen LogP contribution in [0.2, 0.25) is 0 Å². The molecule has 0 fully saturated rings. The number of nitrogens with zero attached hydrogens (tertiary/aromatic N) is 1. The first kappa shape index (κ1) is 15.5. The molecule has 0 radical (unpaired) electrons. The SMILES string of the molecule is COCCCNC(=O)c1sc(NCc2ccco2)nc1C. The van der Waals surface area contributed by atoms with Gasteiger partial charge in [-0.25, -0.2) is 4.98 Å². The number of hydrogen-bond acceptors (Lipinski definition) is 6. The maximum Gasteiger partial charge on any atom is 0.263 e. The summed E-state index contributed by atoms with van der Waals surface area (Å²) in [7, 11) is 1.64. The minimum Gasteiger partial charge on any atom is -0.467 e. The van der Waals surface area contributed by atoms with Gasteiger partial charge in [0.2, 0.25) is 0 Å². The summed E-state index contributed by atoms with van der Waals surface area (Å²) in [6.07, 6.45) is 2.42.